The average Bonchev–Trinajstić information content (AvgIpc) is 3.13. The lowest BCUT2D eigenvalue weighted by Crippen LogP contribution is -2.30. The van der Waals surface area contributed by atoms with Crippen LogP contribution >= 0.6 is 11.3 Å². The van der Waals surface area contributed by atoms with Crippen molar-refractivity contribution in [2.45, 2.75) is 6.92 Å². The summed E-state index contributed by atoms with van der Waals surface area (Å²) in [7, 11) is 0. The predicted octanol–water partition coefficient (Wildman–Crippen LogP) is 3.26. The third kappa shape index (κ3) is 3.44. The van der Waals surface area contributed by atoms with Gasteiger partial charge in [0, 0.05) is 5.39 Å². The Morgan fingerprint density at radius 2 is 2.04 bits per heavy atom. The number of hydrogen-bond acceptors (Lipinski definition) is 5. The lowest BCUT2D eigenvalue weighted by atomic mass is 10.1. The molecule has 0 bridgehead atoms. The Balaban J connectivity index is 1.96. The van der Waals surface area contributed by atoms with E-state index in [0.717, 1.165) is 21.5 Å². The molecule has 0 saturated carbocycles. The molecule has 0 fully saturated rings. The molecule has 5 nitrogen and oxygen atoms in total. The number of para-hydroxylation sites is 1. The fourth-order valence-corrected chi connectivity index (χ4v) is 3.06. The van der Waals surface area contributed by atoms with E-state index in [4.69, 9.17) is 4.74 Å². The summed E-state index contributed by atoms with van der Waals surface area (Å²) in [6, 6.07) is 13.1. The van der Waals surface area contributed by atoms with Gasteiger partial charge in [0.25, 0.3) is 5.91 Å². The van der Waals surface area contributed by atoms with Crippen LogP contribution in [0.4, 0.5) is 0 Å². The SMILES string of the molecule is CCOC(=O)CNC(=O)c1cc(-c2cccs2)nc2ccccc12. The molecule has 0 radical (unpaired) electrons. The molecule has 0 unspecified atom stereocenters. The van der Waals surface area contributed by atoms with E-state index in [1.165, 1.54) is 0 Å². The van der Waals surface area contributed by atoms with Gasteiger partial charge in [0.2, 0.25) is 0 Å². The summed E-state index contributed by atoms with van der Waals surface area (Å²) >= 11 is 1.56. The lowest BCUT2D eigenvalue weighted by Gasteiger charge is -2.09. The molecular weight excluding hydrogens is 324 g/mol. The number of esters is 1. The standard InChI is InChI=1S/C18H16N2O3S/c1-2-23-17(21)11-19-18(22)13-10-15(16-8-5-9-24-16)20-14-7-4-3-6-12(13)14/h3-10H,2,11H2,1H3,(H,19,22). The summed E-state index contributed by atoms with van der Waals surface area (Å²) < 4.78 is 4.83. The summed E-state index contributed by atoms with van der Waals surface area (Å²) in [5, 5.41) is 5.32. The highest BCUT2D eigenvalue weighted by molar-refractivity contribution is 7.13. The van der Waals surface area contributed by atoms with Crippen LogP contribution in [0.25, 0.3) is 21.5 Å². The molecule has 2 aromatic heterocycles. The van der Waals surface area contributed by atoms with Gasteiger partial charge in [-0.15, -0.1) is 11.3 Å². The van der Waals surface area contributed by atoms with Gasteiger partial charge in [0.1, 0.15) is 6.54 Å². The van der Waals surface area contributed by atoms with Gasteiger partial charge in [0.05, 0.1) is 28.3 Å². The fourth-order valence-electron chi connectivity index (χ4n) is 2.37. The van der Waals surface area contributed by atoms with Gasteiger partial charge in [-0.2, -0.15) is 0 Å². The maximum absolute atomic E-state index is 12.5. The van der Waals surface area contributed by atoms with Gasteiger partial charge < -0.3 is 10.1 Å². The molecule has 0 spiro atoms. The summed E-state index contributed by atoms with van der Waals surface area (Å²) in [5.74, 6) is -0.776. The minimum atomic E-state index is -0.456. The molecule has 0 aliphatic carbocycles. The summed E-state index contributed by atoms with van der Waals surface area (Å²) in [5.41, 5.74) is 1.97. The Bertz CT molecular complexity index is 875. The number of nitrogens with one attached hydrogen (secondary N) is 1. The van der Waals surface area contributed by atoms with E-state index in [9.17, 15) is 9.59 Å². The number of thiophene rings is 1. The highest BCUT2D eigenvalue weighted by Crippen LogP contribution is 2.27. The number of pyridine rings is 1. The molecule has 3 aromatic rings. The van der Waals surface area contributed by atoms with Gasteiger partial charge in [-0.3, -0.25) is 9.59 Å². The van der Waals surface area contributed by atoms with Crippen LogP contribution in [0, 0.1) is 0 Å². The second-order valence-electron chi connectivity index (χ2n) is 5.04. The second kappa shape index (κ2) is 7.23. The van der Waals surface area contributed by atoms with E-state index in [2.05, 4.69) is 10.3 Å². The Kier molecular flexibility index (Phi) is 4.86. The highest BCUT2D eigenvalue weighted by atomic mass is 32.1. The minimum absolute atomic E-state index is 0.155. The van der Waals surface area contributed by atoms with Gasteiger partial charge in [0.15, 0.2) is 0 Å². The van der Waals surface area contributed by atoms with E-state index in [0.29, 0.717) is 5.56 Å². The van der Waals surface area contributed by atoms with Crippen molar-refractivity contribution >= 4 is 34.1 Å². The van der Waals surface area contributed by atoms with Crippen molar-refractivity contribution in [3.63, 3.8) is 0 Å². The zero-order valence-electron chi connectivity index (χ0n) is 13.1. The predicted molar refractivity (Wildman–Crippen MR) is 94.0 cm³/mol. The van der Waals surface area contributed by atoms with Crippen LogP contribution in [-0.2, 0) is 9.53 Å². The summed E-state index contributed by atoms with van der Waals surface area (Å²) in [6.07, 6.45) is 0. The first-order valence-corrected chi connectivity index (χ1v) is 8.44. The average molecular weight is 340 g/mol. The molecule has 0 aliphatic heterocycles. The van der Waals surface area contributed by atoms with E-state index in [1.54, 1.807) is 24.3 Å². The first-order valence-electron chi connectivity index (χ1n) is 7.56. The molecule has 1 aromatic carbocycles. The first-order chi connectivity index (χ1) is 11.7. The molecular formula is C18H16N2O3S. The monoisotopic (exact) mass is 340 g/mol. The van der Waals surface area contributed by atoms with Crippen molar-refractivity contribution < 1.29 is 14.3 Å². The topological polar surface area (TPSA) is 68.3 Å². The van der Waals surface area contributed by atoms with E-state index < -0.39 is 5.97 Å². The number of hydrogen-bond donors (Lipinski definition) is 1. The largest absolute Gasteiger partial charge is 0.465 e. The van der Waals surface area contributed by atoms with E-state index >= 15 is 0 Å². The van der Waals surface area contributed by atoms with Crippen molar-refractivity contribution in [2.24, 2.45) is 0 Å². The number of amides is 1. The molecule has 2 heterocycles. The molecule has 1 N–H and O–H groups in total. The zero-order chi connectivity index (χ0) is 16.9. The maximum atomic E-state index is 12.5. The van der Waals surface area contributed by atoms with Crippen LogP contribution in [0.3, 0.4) is 0 Å². The quantitative estimate of drug-likeness (QED) is 0.724. The van der Waals surface area contributed by atoms with Crippen LogP contribution in [0.2, 0.25) is 0 Å². The number of ether oxygens (including phenoxy) is 1. The van der Waals surface area contributed by atoms with Crippen molar-refractivity contribution in [1.29, 1.82) is 0 Å². The zero-order valence-corrected chi connectivity index (χ0v) is 13.9. The summed E-state index contributed by atoms with van der Waals surface area (Å²) in [6.45, 7) is 1.86. The van der Waals surface area contributed by atoms with Crippen molar-refractivity contribution in [1.82, 2.24) is 10.3 Å². The Hall–Kier alpha value is -2.73. The van der Waals surface area contributed by atoms with Crippen molar-refractivity contribution in [3.05, 3.63) is 53.4 Å². The number of benzene rings is 1. The Morgan fingerprint density at radius 1 is 1.21 bits per heavy atom. The van der Waals surface area contributed by atoms with E-state index in [-0.39, 0.29) is 19.1 Å². The maximum Gasteiger partial charge on any atom is 0.325 e. The third-order valence-corrected chi connectivity index (χ3v) is 4.33. The number of rotatable bonds is 5. The van der Waals surface area contributed by atoms with Crippen molar-refractivity contribution in [2.75, 3.05) is 13.2 Å². The van der Waals surface area contributed by atoms with E-state index in [1.807, 2.05) is 41.8 Å². The molecule has 3 rings (SSSR count). The van der Waals surface area contributed by atoms with Gasteiger partial charge in [-0.05, 0) is 30.5 Å². The molecule has 122 valence electrons. The number of nitrogens with zero attached hydrogens (tertiary/aromatic N) is 1. The normalized spacial score (nSPS) is 10.5. The fraction of sp³-hybridized carbons (Fsp3) is 0.167. The third-order valence-electron chi connectivity index (χ3n) is 3.43. The van der Waals surface area contributed by atoms with Gasteiger partial charge in [-0.1, -0.05) is 24.3 Å². The van der Waals surface area contributed by atoms with Gasteiger partial charge in [-0.25, -0.2) is 4.98 Å². The summed E-state index contributed by atoms with van der Waals surface area (Å²) in [4.78, 5) is 29.6. The molecule has 1 amide bonds. The molecule has 24 heavy (non-hydrogen) atoms. The smallest absolute Gasteiger partial charge is 0.325 e. The molecule has 0 aliphatic rings. The van der Waals surface area contributed by atoms with Crippen LogP contribution in [0.15, 0.2) is 47.8 Å². The van der Waals surface area contributed by atoms with Gasteiger partial charge >= 0.3 is 5.97 Å². The number of carbonyl (C=O) groups is 2. The minimum Gasteiger partial charge on any atom is -0.465 e. The Labute approximate surface area is 143 Å². The number of aromatic nitrogens is 1. The van der Waals surface area contributed by atoms with Crippen LogP contribution in [0.1, 0.15) is 17.3 Å². The Morgan fingerprint density at radius 3 is 2.79 bits per heavy atom. The second-order valence-corrected chi connectivity index (χ2v) is 5.98. The molecule has 0 atom stereocenters. The molecule has 0 saturated heterocycles. The highest BCUT2D eigenvalue weighted by Gasteiger charge is 2.15. The first kappa shape index (κ1) is 16.1. The van der Waals surface area contributed by atoms with Crippen LogP contribution in [0.5, 0.6) is 0 Å². The number of fused-ring (bicyclic) bond motifs is 1. The lowest BCUT2D eigenvalue weighted by molar-refractivity contribution is -0.141. The number of carbonyl (C=O) groups excluding carboxylic acids is 2. The van der Waals surface area contributed by atoms with Crippen molar-refractivity contribution in [3.8, 4) is 10.6 Å². The van der Waals surface area contributed by atoms with Crippen LogP contribution in [-0.4, -0.2) is 30.0 Å². The molecule has 6 heteroatoms. The van der Waals surface area contributed by atoms with Crippen LogP contribution < -0.4 is 5.32 Å².